The molecule has 2 bridgehead atoms. The van der Waals surface area contributed by atoms with Crippen LogP contribution in [0.3, 0.4) is 0 Å². The van der Waals surface area contributed by atoms with E-state index in [4.69, 9.17) is 4.74 Å². The fraction of sp³-hybridized carbons (Fsp3) is 0.710. The molecule has 1 saturated carbocycles. The van der Waals surface area contributed by atoms with Gasteiger partial charge in [0, 0.05) is 12.3 Å². The Morgan fingerprint density at radius 2 is 1.53 bits per heavy atom. The minimum atomic E-state index is -2.17. The van der Waals surface area contributed by atoms with Gasteiger partial charge in [0.05, 0.1) is 5.41 Å². The van der Waals surface area contributed by atoms with Crippen molar-refractivity contribution < 1.29 is 24.2 Å². The van der Waals surface area contributed by atoms with Gasteiger partial charge in [-0.1, -0.05) is 55.7 Å². The molecule has 36 heavy (non-hydrogen) atoms. The molecule has 0 spiro atoms. The average Bonchev–Trinajstić information content (AvgIpc) is 3.09. The molecule has 1 aliphatic carbocycles. The second kappa shape index (κ2) is 9.16. The molecule has 0 aromatic rings. The smallest absolute Gasteiger partial charge is 0.200 e. The monoisotopic (exact) mass is 498 g/mol. The van der Waals surface area contributed by atoms with E-state index < -0.39 is 39.3 Å². The Balaban J connectivity index is 2.39. The number of allylic oxidation sites excluding steroid dienone is 5. The lowest BCUT2D eigenvalue weighted by Gasteiger charge is -2.64. The van der Waals surface area contributed by atoms with Crippen LogP contribution in [0.2, 0.25) is 0 Å². The Kier molecular flexibility index (Phi) is 7.31. The van der Waals surface area contributed by atoms with Gasteiger partial charge in [0.25, 0.3) is 0 Å². The maximum absolute atomic E-state index is 14.7. The molecule has 0 aromatic carbocycles. The molecule has 3 rings (SSSR count). The predicted molar refractivity (Wildman–Crippen MR) is 142 cm³/mol. The maximum Gasteiger partial charge on any atom is 0.200 e. The second-order valence-corrected chi connectivity index (χ2v) is 13.0. The van der Waals surface area contributed by atoms with Crippen LogP contribution in [-0.4, -0.2) is 33.8 Å². The average molecular weight is 499 g/mol. The van der Waals surface area contributed by atoms with E-state index in [9.17, 15) is 19.5 Å². The Morgan fingerprint density at radius 3 is 2.03 bits per heavy atom. The summed E-state index contributed by atoms with van der Waals surface area (Å²) in [6.07, 6.45) is 8.33. The molecular weight excluding hydrogens is 452 g/mol. The zero-order valence-electron chi connectivity index (χ0n) is 24.0. The summed E-state index contributed by atoms with van der Waals surface area (Å²) in [6.45, 7) is 19.2. The van der Waals surface area contributed by atoms with Crippen LogP contribution in [0.1, 0.15) is 101 Å². The molecule has 0 aromatic heterocycles. The van der Waals surface area contributed by atoms with E-state index in [0.717, 1.165) is 16.7 Å². The Morgan fingerprint density at radius 1 is 0.972 bits per heavy atom. The van der Waals surface area contributed by atoms with E-state index >= 15 is 0 Å². The van der Waals surface area contributed by atoms with Crippen molar-refractivity contribution in [2.24, 2.45) is 28.1 Å². The topological polar surface area (TPSA) is 80.7 Å². The number of ketones is 3. The molecule has 5 nitrogen and oxygen atoms in total. The highest BCUT2D eigenvalue weighted by molar-refractivity contribution is 6.28. The Bertz CT molecular complexity index is 1050. The molecule has 0 amide bonds. The summed E-state index contributed by atoms with van der Waals surface area (Å²) >= 11 is 0. The first-order chi connectivity index (χ1) is 16.5. The summed E-state index contributed by atoms with van der Waals surface area (Å²) in [5.74, 6) is -4.05. The third-order valence-electron chi connectivity index (χ3n) is 9.28. The molecule has 0 unspecified atom stereocenters. The number of rotatable bonds is 9. The number of carbonyl (C=O) groups is 3. The first-order valence-corrected chi connectivity index (χ1v) is 13.4. The number of aliphatic hydroxyl groups is 1. The van der Waals surface area contributed by atoms with Crippen LogP contribution < -0.4 is 0 Å². The lowest BCUT2D eigenvalue weighted by atomic mass is 9.36. The van der Waals surface area contributed by atoms with Gasteiger partial charge in [-0.25, -0.2) is 0 Å². The minimum Gasteiger partial charge on any atom is -0.363 e. The van der Waals surface area contributed by atoms with E-state index in [-0.39, 0.29) is 23.9 Å². The van der Waals surface area contributed by atoms with Crippen molar-refractivity contribution in [2.75, 3.05) is 0 Å². The number of hydrogen-bond donors (Lipinski definition) is 1. The molecule has 0 radical (unpaired) electrons. The molecule has 6 atom stereocenters. The van der Waals surface area contributed by atoms with Crippen LogP contribution in [0, 0.1) is 28.1 Å². The van der Waals surface area contributed by atoms with Crippen molar-refractivity contribution in [3.05, 3.63) is 34.9 Å². The molecular formula is C31H46O5. The molecule has 2 saturated heterocycles. The van der Waals surface area contributed by atoms with Crippen molar-refractivity contribution in [3.8, 4) is 0 Å². The minimum absolute atomic E-state index is 0.0424. The number of ether oxygens (including phenoxy) is 1. The molecule has 2 aliphatic heterocycles. The van der Waals surface area contributed by atoms with Crippen molar-refractivity contribution in [2.45, 2.75) is 113 Å². The van der Waals surface area contributed by atoms with Crippen molar-refractivity contribution in [1.29, 1.82) is 0 Å². The highest BCUT2D eigenvalue weighted by atomic mass is 16.7. The van der Waals surface area contributed by atoms with Gasteiger partial charge in [0.15, 0.2) is 34.2 Å². The van der Waals surface area contributed by atoms with Gasteiger partial charge in [-0.15, -0.1) is 0 Å². The van der Waals surface area contributed by atoms with E-state index in [1.54, 1.807) is 20.8 Å². The summed E-state index contributed by atoms with van der Waals surface area (Å²) < 4.78 is 6.32. The predicted octanol–water partition coefficient (Wildman–Crippen LogP) is 6.30. The first kappa shape index (κ1) is 28.7. The van der Waals surface area contributed by atoms with E-state index in [1.807, 2.05) is 54.5 Å². The third kappa shape index (κ3) is 3.52. The fourth-order valence-electron chi connectivity index (χ4n) is 7.35. The van der Waals surface area contributed by atoms with E-state index in [2.05, 4.69) is 12.2 Å². The van der Waals surface area contributed by atoms with Crippen LogP contribution in [0.5, 0.6) is 0 Å². The van der Waals surface area contributed by atoms with E-state index in [1.165, 1.54) is 0 Å². The van der Waals surface area contributed by atoms with Gasteiger partial charge < -0.3 is 9.84 Å². The standard InChI is InChI=1S/C31H46O5/c1-19(2)12-11-16-27(9)23(14-13-20(3)4)18-28(10)25(33)29(17-15-21(5)6)26(34)30(27,24(32)22(7)8)31(28,35)36-29/h12-13,15,22-23,35H,11,14,16-18H2,1-10H3/t23-,27+,28+,29+,30+,31-/m0/s1. The number of Topliss-reactive ketones (excluding diaryl/α,β-unsaturated/α-hetero) is 3. The lowest BCUT2D eigenvalue weighted by molar-refractivity contribution is -0.314. The molecule has 1 N–H and O–H groups in total. The van der Waals surface area contributed by atoms with Gasteiger partial charge >= 0.3 is 0 Å². The van der Waals surface area contributed by atoms with Crippen LogP contribution in [0.4, 0.5) is 0 Å². The van der Waals surface area contributed by atoms with Crippen LogP contribution >= 0.6 is 0 Å². The highest BCUT2D eigenvalue weighted by Crippen LogP contribution is 2.77. The molecule has 3 fully saturated rings. The normalized spacial score (nSPS) is 38.8. The van der Waals surface area contributed by atoms with Gasteiger partial charge in [-0.3, -0.25) is 14.4 Å². The number of carbonyl (C=O) groups excluding carboxylic acids is 3. The van der Waals surface area contributed by atoms with Crippen molar-refractivity contribution in [1.82, 2.24) is 0 Å². The summed E-state index contributed by atoms with van der Waals surface area (Å²) in [5.41, 5.74) is -2.65. The van der Waals surface area contributed by atoms with Gasteiger partial charge in [0.1, 0.15) is 0 Å². The van der Waals surface area contributed by atoms with Gasteiger partial charge in [0.2, 0.25) is 0 Å². The second-order valence-electron chi connectivity index (χ2n) is 13.0. The van der Waals surface area contributed by atoms with Crippen LogP contribution in [0.15, 0.2) is 34.9 Å². The van der Waals surface area contributed by atoms with E-state index in [0.29, 0.717) is 25.7 Å². The number of fused-ring (bicyclic) bond motifs is 1. The Hall–Kier alpha value is -1.85. The quantitative estimate of drug-likeness (QED) is 0.298. The Labute approximate surface area is 217 Å². The summed E-state index contributed by atoms with van der Waals surface area (Å²) in [4.78, 5) is 43.2. The summed E-state index contributed by atoms with van der Waals surface area (Å²) in [7, 11) is 0. The summed E-state index contributed by atoms with van der Waals surface area (Å²) in [6, 6.07) is 0. The van der Waals surface area contributed by atoms with Crippen molar-refractivity contribution >= 4 is 17.3 Å². The third-order valence-corrected chi connectivity index (χ3v) is 9.28. The zero-order chi connectivity index (χ0) is 27.5. The largest absolute Gasteiger partial charge is 0.363 e. The number of hydrogen-bond acceptors (Lipinski definition) is 5. The van der Waals surface area contributed by atoms with Crippen LogP contribution in [0.25, 0.3) is 0 Å². The fourth-order valence-corrected chi connectivity index (χ4v) is 7.35. The zero-order valence-corrected chi connectivity index (χ0v) is 24.0. The molecule has 3 aliphatic rings. The van der Waals surface area contributed by atoms with Crippen LogP contribution in [-0.2, 0) is 19.1 Å². The summed E-state index contributed by atoms with van der Waals surface area (Å²) in [5, 5.41) is 12.5. The highest BCUT2D eigenvalue weighted by Gasteiger charge is 2.93. The maximum atomic E-state index is 14.7. The lowest BCUT2D eigenvalue weighted by Crippen LogP contribution is -2.78. The molecule has 200 valence electrons. The van der Waals surface area contributed by atoms with Crippen molar-refractivity contribution in [3.63, 3.8) is 0 Å². The molecule has 2 heterocycles. The SMILES string of the molecule is CC(C)=CCC[C@]1(C)[C@@H](CC=C(C)C)C[C@]2(C)C(=O)[C@@]3(CC=C(C)C)O[C@]2(O)[C@]1(C(=O)C(C)C)C3=O. The van der Waals surface area contributed by atoms with Gasteiger partial charge in [-0.05, 0) is 85.5 Å². The first-order valence-electron chi connectivity index (χ1n) is 13.4. The molecule has 5 heteroatoms. The van der Waals surface area contributed by atoms with Gasteiger partial charge in [-0.2, -0.15) is 0 Å².